The van der Waals surface area contributed by atoms with Gasteiger partial charge in [-0.05, 0) is 0 Å². The van der Waals surface area contributed by atoms with Crippen molar-refractivity contribution in [3.63, 3.8) is 0 Å². The van der Waals surface area contributed by atoms with E-state index in [9.17, 15) is 0 Å². The Labute approximate surface area is 49.5 Å². The van der Waals surface area contributed by atoms with E-state index in [1.165, 1.54) is 0 Å². The lowest BCUT2D eigenvalue weighted by atomic mass is 11.9. The molecular formula is CH5Cl3Si. The Hall–Kier alpha value is 1.09. The number of rotatable bonds is 0. The smallest absolute Gasteiger partial charge is 0.109 e. The minimum Gasteiger partial charge on any atom is -0.181 e. The second-order valence-corrected chi connectivity index (χ2v) is 0.909. The van der Waals surface area contributed by atoms with Crippen LogP contribution in [0, 0.1) is 0 Å². The topological polar surface area (TPSA) is 0 Å². The quantitative estimate of drug-likeness (QED) is 0.275. The van der Waals surface area contributed by atoms with Gasteiger partial charge in [-0.2, -0.15) is 11.1 Å². The second kappa shape index (κ2) is 19.5. The Balaban J connectivity index is 0. The van der Waals surface area contributed by atoms with E-state index in [-0.39, 0.29) is 5.34 Å². The lowest BCUT2D eigenvalue weighted by molar-refractivity contribution is 2.20. The van der Waals surface area contributed by atoms with Crippen LogP contribution in [0.3, 0.4) is 0 Å². The lowest BCUT2D eigenvalue weighted by Gasteiger charge is -1.42. The first-order valence-corrected chi connectivity index (χ1v) is 5.01. The zero-order chi connectivity index (χ0) is 4.71. The minimum absolute atomic E-state index is 0.194. The van der Waals surface area contributed by atoms with Crippen LogP contribution in [-0.2, 0) is 0 Å². The van der Waals surface area contributed by atoms with Crippen molar-refractivity contribution in [3.05, 3.63) is 0 Å². The summed E-state index contributed by atoms with van der Waals surface area (Å²) in [4.78, 5) is 0. The maximum absolute atomic E-state index is 4.78. The van der Waals surface area contributed by atoms with Crippen molar-refractivity contribution in [3.8, 4) is 0 Å². The fraction of sp³-hybridized carbons (Fsp3) is 1.00. The molecule has 0 aromatic carbocycles. The fourth-order valence-electron chi connectivity index (χ4n) is 0. The van der Waals surface area contributed by atoms with Crippen LogP contribution in [0.4, 0.5) is 0 Å². The molecule has 0 aliphatic rings. The van der Waals surface area contributed by atoms with Gasteiger partial charge in [-0.1, -0.05) is 0 Å². The molecule has 0 rings (SSSR count). The molecule has 0 bridgehead atoms. The van der Waals surface area contributed by atoms with Gasteiger partial charge in [-0.15, -0.1) is 23.2 Å². The van der Waals surface area contributed by atoms with E-state index in [2.05, 4.69) is 0 Å². The molecule has 0 radical (unpaired) electrons. The number of halogens is 3. The van der Waals surface area contributed by atoms with Crippen LogP contribution in [0.25, 0.3) is 0 Å². The average Bonchev–Trinajstić information content (AvgIpc) is 1.46. The molecule has 0 atom stereocenters. The van der Waals surface area contributed by atoms with E-state index < -0.39 is 0 Å². The molecule has 0 saturated carbocycles. The molecule has 5 heavy (non-hydrogen) atoms. The van der Waals surface area contributed by atoms with Crippen LogP contribution in [0.5, 0.6) is 0 Å². The van der Waals surface area contributed by atoms with E-state index in [0.29, 0.717) is 0 Å². The molecule has 0 aliphatic carbocycles. The standard InChI is InChI=1S/CH2Cl2.ClH3Si/c2-1-3;1-2/h1H2;2H3. The third-order valence-electron chi connectivity index (χ3n) is 0. The molecule has 0 nitrogen and oxygen atoms in total. The van der Waals surface area contributed by atoms with E-state index >= 15 is 0 Å². The predicted molar refractivity (Wildman–Crippen MR) is 32.4 cm³/mol. The number of hydrogen-bond acceptors (Lipinski definition) is 0. The van der Waals surface area contributed by atoms with Gasteiger partial charge in [0, 0.05) is 0 Å². The first-order chi connectivity index (χ1) is 2.41. The Morgan fingerprint density at radius 2 is 1.20 bits per heavy atom. The van der Waals surface area contributed by atoms with Crippen molar-refractivity contribution in [2.24, 2.45) is 0 Å². The highest BCUT2D eigenvalue weighted by Gasteiger charge is 1.41. The molecule has 0 aromatic rings. The molecule has 0 amide bonds. The van der Waals surface area contributed by atoms with Gasteiger partial charge in [-0.3, -0.25) is 0 Å². The maximum atomic E-state index is 4.78. The molecule has 0 N–H and O–H groups in total. The first kappa shape index (κ1) is 9.43. The van der Waals surface area contributed by atoms with Crippen LogP contribution >= 0.6 is 34.3 Å². The van der Waals surface area contributed by atoms with Crippen molar-refractivity contribution in [2.45, 2.75) is 0 Å². The molecule has 0 aliphatic heterocycles. The third-order valence-corrected chi connectivity index (χ3v) is 0. The Kier molecular flexibility index (Phi) is 36.8. The summed E-state index contributed by atoms with van der Waals surface area (Å²) in [7, 11) is 0.778. The molecule has 0 unspecified atom stereocenters. The van der Waals surface area contributed by atoms with Crippen molar-refractivity contribution in [1.82, 2.24) is 0 Å². The van der Waals surface area contributed by atoms with Gasteiger partial charge < -0.3 is 0 Å². The zero-order valence-electron chi connectivity index (χ0n) is 2.84. The Morgan fingerprint density at radius 3 is 1.20 bits per heavy atom. The largest absolute Gasteiger partial charge is 0.181 e. The molecule has 0 saturated heterocycles. The van der Waals surface area contributed by atoms with E-state index in [1.54, 1.807) is 0 Å². The summed E-state index contributed by atoms with van der Waals surface area (Å²) in [6.45, 7) is 0. The van der Waals surface area contributed by atoms with E-state index in [1.807, 2.05) is 0 Å². The van der Waals surface area contributed by atoms with Crippen molar-refractivity contribution in [1.29, 1.82) is 0 Å². The van der Waals surface area contributed by atoms with Gasteiger partial charge in [0.25, 0.3) is 0 Å². The molecule has 0 heterocycles. The molecular weight excluding hydrogens is 146 g/mol. The maximum Gasteiger partial charge on any atom is 0.109 e. The SMILES string of the molecule is ClCCl.[SiH3]Cl. The number of alkyl halides is 2. The van der Waals surface area contributed by atoms with Crippen LogP contribution in [0.15, 0.2) is 0 Å². The summed E-state index contributed by atoms with van der Waals surface area (Å²) in [5.74, 6) is 0. The van der Waals surface area contributed by atoms with Crippen LogP contribution < -0.4 is 0 Å². The second-order valence-electron chi connectivity index (χ2n) is 0.101. The van der Waals surface area contributed by atoms with Crippen LogP contribution in [0.1, 0.15) is 0 Å². The first-order valence-electron chi connectivity index (χ1n) is 0.912. The fourth-order valence-corrected chi connectivity index (χ4v) is 0. The highest BCUT2D eigenvalue weighted by atomic mass is 35.6. The predicted octanol–water partition coefficient (Wildman–Crippen LogP) is 0.927. The van der Waals surface area contributed by atoms with Crippen molar-refractivity contribution in [2.75, 3.05) is 5.34 Å². The average molecular weight is 151 g/mol. The van der Waals surface area contributed by atoms with Gasteiger partial charge in [-0.25, -0.2) is 0 Å². The lowest BCUT2D eigenvalue weighted by Crippen LogP contribution is -1.24. The van der Waals surface area contributed by atoms with E-state index in [4.69, 9.17) is 34.3 Å². The summed E-state index contributed by atoms with van der Waals surface area (Å²) in [5.41, 5.74) is 0. The molecule has 0 aromatic heterocycles. The summed E-state index contributed by atoms with van der Waals surface area (Å²) in [6, 6.07) is 0. The van der Waals surface area contributed by atoms with Gasteiger partial charge in [0.15, 0.2) is 0 Å². The van der Waals surface area contributed by atoms with Gasteiger partial charge in [0.2, 0.25) is 0 Å². The Morgan fingerprint density at radius 1 is 1.20 bits per heavy atom. The van der Waals surface area contributed by atoms with E-state index in [0.717, 1.165) is 9.55 Å². The zero-order valence-corrected chi connectivity index (χ0v) is 7.11. The number of hydrogen-bond donors (Lipinski definition) is 0. The summed E-state index contributed by atoms with van der Waals surface area (Å²) in [6.07, 6.45) is 0. The highest BCUT2D eigenvalue weighted by molar-refractivity contribution is 6.80. The van der Waals surface area contributed by atoms with Gasteiger partial charge in [0.1, 0.15) is 9.55 Å². The molecule has 0 fully saturated rings. The van der Waals surface area contributed by atoms with Gasteiger partial charge >= 0.3 is 0 Å². The molecule has 0 spiro atoms. The van der Waals surface area contributed by atoms with Crippen molar-refractivity contribution < 1.29 is 0 Å². The van der Waals surface area contributed by atoms with Crippen molar-refractivity contribution >= 4 is 43.8 Å². The Bertz CT molecular complexity index is 6.85. The molecule has 4 heteroatoms. The summed E-state index contributed by atoms with van der Waals surface area (Å²) < 4.78 is 0. The minimum atomic E-state index is 0.194. The third kappa shape index (κ3) is 41.0. The highest BCUT2D eigenvalue weighted by Crippen LogP contribution is 1.73. The van der Waals surface area contributed by atoms with Gasteiger partial charge in [0.05, 0.1) is 5.34 Å². The monoisotopic (exact) mass is 150 g/mol. The van der Waals surface area contributed by atoms with Crippen LogP contribution in [0.2, 0.25) is 0 Å². The normalized spacial score (nSPS) is 5.40. The molecule has 34 valence electrons. The summed E-state index contributed by atoms with van der Waals surface area (Å²) >= 11 is 14.3. The van der Waals surface area contributed by atoms with Crippen LogP contribution in [-0.4, -0.2) is 14.9 Å². The summed E-state index contributed by atoms with van der Waals surface area (Å²) in [5, 5.41) is 0.194.